The van der Waals surface area contributed by atoms with Gasteiger partial charge in [0.2, 0.25) is 0 Å². The fourth-order valence-electron chi connectivity index (χ4n) is 2.95. The normalized spacial score (nSPS) is 30.2. The number of halogens is 2. The van der Waals surface area contributed by atoms with Crippen molar-refractivity contribution in [3.63, 3.8) is 0 Å². The predicted molar refractivity (Wildman–Crippen MR) is 64.5 cm³/mol. The summed E-state index contributed by atoms with van der Waals surface area (Å²) in [6, 6.07) is 3.64. The number of nitrogens with two attached hydrogens (primary N) is 1. The molecule has 0 radical (unpaired) electrons. The molecule has 90 valence electrons. The molecule has 3 rings (SSSR count). The van der Waals surface area contributed by atoms with E-state index in [1.54, 1.807) is 0 Å². The Morgan fingerprint density at radius 2 is 2.24 bits per heavy atom. The Morgan fingerprint density at radius 1 is 1.47 bits per heavy atom. The van der Waals surface area contributed by atoms with E-state index in [9.17, 15) is 8.78 Å². The van der Waals surface area contributed by atoms with E-state index >= 15 is 0 Å². The molecule has 0 aromatic heterocycles. The minimum atomic E-state index is -0.393. The SMILES string of the molecule is NC(=S)N1CC2CC2(c2cc(F)ccc2F)C1. The van der Waals surface area contributed by atoms with Gasteiger partial charge in [0.25, 0.3) is 0 Å². The van der Waals surface area contributed by atoms with Gasteiger partial charge in [0, 0.05) is 18.5 Å². The third-order valence-electron chi connectivity index (χ3n) is 3.92. The third kappa shape index (κ3) is 1.52. The molecule has 5 heteroatoms. The number of fused-ring (bicyclic) bond motifs is 1. The summed E-state index contributed by atoms with van der Waals surface area (Å²) in [5, 5.41) is 0.341. The smallest absolute Gasteiger partial charge is 0.166 e. The highest BCUT2D eigenvalue weighted by molar-refractivity contribution is 7.80. The quantitative estimate of drug-likeness (QED) is 0.775. The predicted octanol–water partition coefficient (Wildman–Crippen LogP) is 1.78. The maximum atomic E-state index is 13.8. The molecule has 17 heavy (non-hydrogen) atoms. The van der Waals surface area contributed by atoms with Gasteiger partial charge in [-0.2, -0.15) is 0 Å². The lowest BCUT2D eigenvalue weighted by Gasteiger charge is -2.21. The number of likely N-dealkylation sites (tertiary alicyclic amines) is 1. The van der Waals surface area contributed by atoms with Gasteiger partial charge in [-0.1, -0.05) is 0 Å². The van der Waals surface area contributed by atoms with E-state index in [2.05, 4.69) is 0 Å². The molecule has 1 saturated carbocycles. The Kier molecular flexibility index (Phi) is 2.17. The topological polar surface area (TPSA) is 29.3 Å². The number of nitrogens with zero attached hydrogens (tertiary/aromatic N) is 1. The molecule has 1 heterocycles. The monoisotopic (exact) mass is 254 g/mol. The zero-order valence-electron chi connectivity index (χ0n) is 9.12. The van der Waals surface area contributed by atoms with E-state index in [-0.39, 0.29) is 11.2 Å². The second-order valence-electron chi connectivity index (χ2n) is 4.90. The maximum Gasteiger partial charge on any atom is 0.166 e. The lowest BCUT2D eigenvalue weighted by atomic mass is 9.94. The van der Waals surface area contributed by atoms with E-state index in [1.165, 1.54) is 12.1 Å². The van der Waals surface area contributed by atoms with Crippen LogP contribution in [-0.4, -0.2) is 23.1 Å². The van der Waals surface area contributed by atoms with E-state index in [4.69, 9.17) is 18.0 Å². The van der Waals surface area contributed by atoms with Crippen LogP contribution in [0, 0.1) is 17.6 Å². The summed E-state index contributed by atoms with van der Waals surface area (Å²) < 4.78 is 27.0. The van der Waals surface area contributed by atoms with Gasteiger partial charge in [-0.25, -0.2) is 8.78 Å². The van der Waals surface area contributed by atoms with Gasteiger partial charge < -0.3 is 10.6 Å². The fourth-order valence-corrected chi connectivity index (χ4v) is 3.09. The highest BCUT2D eigenvalue weighted by Crippen LogP contribution is 2.59. The lowest BCUT2D eigenvalue weighted by molar-refractivity contribution is 0.444. The van der Waals surface area contributed by atoms with Crippen molar-refractivity contribution in [1.82, 2.24) is 4.90 Å². The Hall–Kier alpha value is -1.23. The van der Waals surface area contributed by atoms with Crippen molar-refractivity contribution in [2.45, 2.75) is 11.8 Å². The molecule has 1 aromatic carbocycles. The summed E-state index contributed by atoms with van der Waals surface area (Å²) in [5.74, 6) is -0.380. The van der Waals surface area contributed by atoms with Crippen molar-refractivity contribution >= 4 is 17.3 Å². The van der Waals surface area contributed by atoms with Crippen LogP contribution < -0.4 is 5.73 Å². The summed E-state index contributed by atoms with van der Waals surface area (Å²) in [6.45, 7) is 1.36. The Balaban J connectivity index is 1.96. The first-order chi connectivity index (χ1) is 8.03. The molecule has 1 aliphatic carbocycles. The van der Waals surface area contributed by atoms with Crippen molar-refractivity contribution in [2.75, 3.05) is 13.1 Å². The molecule has 0 bridgehead atoms. The third-order valence-corrected chi connectivity index (χ3v) is 4.18. The number of thiocarbonyl (C=S) groups is 1. The minimum absolute atomic E-state index is 0.268. The van der Waals surface area contributed by atoms with Crippen LogP contribution in [-0.2, 0) is 5.41 Å². The van der Waals surface area contributed by atoms with Gasteiger partial charge in [-0.15, -0.1) is 0 Å². The lowest BCUT2D eigenvalue weighted by Crippen LogP contribution is -2.36. The molecular formula is C12H12F2N2S. The van der Waals surface area contributed by atoms with E-state index in [0.717, 1.165) is 19.0 Å². The molecule has 2 N–H and O–H groups in total. The Bertz CT molecular complexity index is 505. The van der Waals surface area contributed by atoms with Gasteiger partial charge in [-0.05, 0) is 48.3 Å². The van der Waals surface area contributed by atoms with E-state index in [1.807, 2.05) is 4.90 Å². The second-order valence-corrected chi connectivity index (χ2v) is 5.32. The van der Waals surface area contributed by atoms with Crippen LogP contribution in [0.2, 0.25) is 0 Å². The van der Waals surface area contributed by atoms with Crippen LogP contribution in [0.4, 0.5) is 8.78 Å². The molecule has 1 aromatic rings. The highest BCUT2D eigenvalue weighted by atomic mass is 32.1. The fraction of sp³-hybridized carbons (Fsp3) is 0.417. The number of hydrogen-bond acceptors (Lipinski definition) is 1. The molecule has 2 fully saturated rings. The summed E-state index contributed by atoms with van der Waals surface area (Å²) >= 11 is 4.92. The van der Waals surface area contributed by atoms with Gasteiger partial charge in [0.05, 0.1) is 0 Å². The first-order valence-electron chi connectivity index (χ1n) is 5.53. The number of piperidine rings is 1. The largest absolute Gasteiger partial charge is 0.376 e. The molecule has 1 saturated heterocycles. The summed E-state index contributed by atoms with van der Waals surface area (Å²) in [6.07, 6.45) is 0.895. The van der Waals surface area contributed by atoms with Crippen LogP contribution in [0.15, 0.2) is 18.2 Å². The minimum Gasteiger partial charge on any atom is -0.376 e. The highest BCUT2D eigenvalue weighted by Gasteiger charge is 2.62. The Labute approximate surface area is 103 Å². The van der Waals surface area contributed by atoms with Gasteiger partial charge >= 0.3 is 0 Å². The molecule has 1 aliphatic heterocycles. The Morgan fingerprint density at radius 3 is 2.88 bits per heavy atom. The van der Waals surface area contributed by atoms with Crippen molar-refractivity contribution in [3.05, 3.63) is 35.4 Å². The first-order valence-corrected chi connectivity index (χ1v) is 5.94. The summed E-state index contributed by atoms with van der Waals surface area (Å²) in [5.41, 5.74) is 5.78. The second kappa shape index (κ2) is 3.38. The van der Waals surface area contributed by atoms with Crippen molar-refractivity contribution < 1.29 is 8.78 Å². The van der Waals surface area contributed by atoms with Crippen molar-refractivity contribution in [1.29, 1.82) is 0 Å². The summed E-state index contributed by atoms with van der Waals surface area (Å²) in [7, 11) is 0. The van der Waals surface area contributed by atoms with Gasteiger partial charge in [0.1, 0.15) is 11.6 Å². The molecule has 2 nitrogen and oxygen atoms in total. The van der Waals surface area contributed by atoms with E-state index in [0.29, 0.717) is 23.1 Å². The van der Waals surface area contributed by atoms with Crippen LogP contribution >= 0.6 is 12.2 Å². The van der Waals surface area contributed by atoms with Gasteiger partial charge in [-0.3, -0.25) is 0 Å². The standard InChI is InChI=1S/C12H12F2N2S/c13-8-1-2-10(14)9(3-8)12-4-7(12)5-16(6-12)11(15)17/h1-3,7H,4-6H2,(H2,15,17). The van der Waals surface area contributed by atoms with Gasteiger partial charge in [0.15, 0.2) is 5.11 Å². The summed E-state index contributed by atoms with van der Waals surface area (Å²) in [4.78, 5) is 1.87. The molecule has 2 aliphatic rings. The van der Waals surface area contributed by atoms with Crippen LogP contribution in [0.5, 0.6) is 0 Å². The molecule has 0 amide bonds. The number of rotatable bonds is 1. The molecular weight excluding hydrogens is 242 g/mol. The molecule has 2 unspecified atom stereocenters. The first kappa shape index (κ1) is 10.9. The zero-order valence-corrected chi connectivity index (χ0v) is 9.94. The average molecular weight is 254 g/mol. The average Bonchev–Trinajstić information content (AvgIpc) is 2.85. The van der Waals surface area contributed by atoms with Crippen molar-refractivity contribution in [3.8, 4) is 0 Å². The molecule has 2 atom stereocenters. The maximum absolute atomic E-state index is 13.8. The van der Waals surface area contributed by atoms with Crippen LogP contribution in [0.3, 0.4) is 0 Å². The van der Waals surface area contributed by atoms with Crippen LogP contribution in [0.25, 0.3) is 0 Å². The number of hydrogen-bond donors (Lipinski definition) is 1. The zero-order chi connectivity index (χ0) is 12.2. The molecule has 0 spiro atoms. The van der Waals surface area contributed by atoms with Crippen molar-refractivity contribution in [2.24, 2.45) is 11.7 Å². The number of benzene rings is 1. The van der Waals surface area contributed by atoms with Crippen LogP contribution in [0.1, 0.15) is 12.0 Å². The van der Waals surface area contributed by atoms with E-state index < -0.39 is 5.82 Å².